The minimum Gasteiger partial charge on any atom is -0.322 e. The molecule has 0 bridgehead atoms. The van der Waals surface area contributed by atoms with Crippen LogP contribution in [0, 0.1) is 0 Å². The number of benzene rings is 1. The number of aromatic nitrogens is 1. The standard InChI is InChI=1S/C12H9Cl2N3O3S/c13-10-6-16-11(14)5-9(10)12(18)17-7-2-1-3-8(4-7)21(15,19)20/h1-6H,(H,17,18)(H2,15,19,20). The summed E-state index contributed by atoms with van der Waals surface area (Å²) in [5, 5.41) is 7.77. The maximum Gasteiger partial charge on any atom is 0.257 e. The van der Waals surface area contributed by atoms with E-state index in [9.17, 15) is 13.2 Å². The maximum absolute atomic E-state index is 12.1. The number of carbonyl (C=O) groups excluding carboxylic acids is 1. The van der Waals surface area contributed by atoms with E-state index in [0.717, 1.165) is 0 Å². The fraction of sp³-hybridized carbons (Fsp3) is 0. The van der Waals surface area contributed by atoms with Crippen LogP contribution in [-0.4, -0.2) is 19.3 Å². The second-order valence-corrected chi connectivity index (χ2v) is 6.37. The van der Waals surface area contributed by atoms with Gasteiger partial charge < -0.3 is 5.32 Å². The number of hydrogen-bond donors (Lipinski definition) is 2. The summed E-state index contributed by atoms with van der Waals surface area (Å²) in [6.07, 6.45) is 1.25. The summed E-state index contributed by atoms with van der Waals surface area (Å²) in [6, 6.07) is 6.84. The summed E-state index contributed by atoms with van der Waals surface area (Å²) in [4.78, 5) is 15.7. The third kappa shape index (κ3) is 3.92. The first-order valence-corrected chi connectivity index (χ1v) is 7.83. The van der Waals surface area contributed by atoms with Crippen LogP contribution in [0.3, 0.4) is 0 Å². The van der Waals surface area contributed by atoms with E-state index in [2.05, 4.69) is 10.3 Å². The average Bonchev–Trinajstić information content (AvgIpc) is 2.41. The number of rotatable bonds is 3. The van der Waals surface area contributed by atoms with Crippen LogP contribution < -0.4 is 10.5 Å². The molecule has 0 aliphatic carbocycles. The number of nitrogens with one attached hydrogen (secondary N) is 1. The van der Waals surface area contributed by atoms with Crippen molar-refractivity contribution in [2.75, 3.05) is 5.32 Å². The van der Waals surface area contributed by atoms with Crippen molar-refractivity contribution in [3.63, 3.8) is 0 Å². The molecule has 0 fully saturated rings. The highest BCUT2D eigenvalue weighted by Gasteiger charge is 2.13. The number of carbonyl (C=O) groups is 1. The second-order valence-electron chi connectivity index (χ2n) is 4.01. The Morgan fingerprint density at radius 3 is 2.62 bits per heavy atom. The summed E-state index contributed by atoms with van der Waals surface area (Å²) in [5.41, 5.74) is 0.383. The molecule has 1 heterocycles. The van der Waals surface area contributed by atoms with E-state index in [-0.39, 0.29) is 26.3 Å². The van der Waals surface area contributed by atoms with Crippen molar-refractivity contribution in [2.24, 2.45) is 5.14 Å². The lowest BCUT2D eigenvalue weighted by Crippen LogP contribution is -2.15. The number of sulfonamides is 1. The molecule has 1 aromatic carbocycles. The van der Waals surface area contributed by atoms with Gasteiger partial charge in [0.25, 0.3) is 5.91 Å². The van der Waals surface area contributed by atoms with E-state index in [1.54, 1.807) is 0 Å². The van der Waals surface area contributed by atoms with Gasteiger partial charge in [0.1, 0.15) is 5.15 Å². The highest BCUT2D eigenvalue weighted by molar-refractivity contribution is 7.89. The Morgan fingerprint density at radius 1 is 1.24 bits per heavy atom. The van der Waals surface area contributed by atoms with Crippen LogP contribution in [-0.2, 0) is 10.0 Å². The molecule has 2 rings (SSSR count). The molecule has 1 amide bonds. The van der Waals surface area contributed by atoms with Gasteiger partial charge in [0.15, 0.2) is 0 Å². The number of anilines is 1. The molecule has 2 aromatic rings. The van der Waals surface area contributed by atoms with Gasteiger partial charge in [-0.05, 0) is 24.3 Å². The lowest BCUT2D eigenvalue weighted by molar-refractivity contribution is 0.102. The molecular weight excluding hydrogens is 337 g/mol. The normalized spacial score (nSPS) is 11.2. The van der Waals surface area contributed by atoms with E-state index < -0.39 is 15.9 Å². The van der Waals surface area contributed by atoms with Crippen LogP contribution in [0.2, 0.25) is 10.2 Å². The predicted molar refractivity (Wildman–Crippen MR) is 80.0 cm³/mol. The zero-order valence-corrected chi connectivity index (χ0v) is 12.7. The third-order valence-corrected chi connectivity index (χ3v) is 3.91. The van der Waals surface area contributed by atoms with Crippen molar-refractivity contribution < 1.29 is 13.2 Å². The second kappa shape index (κ2) is 5.98. The average molecular weight is 346 g/mol. The van der Waals surface area contributed by atoms with Gasteiger partial charge in [0.05, 0.1) is 15.5 Å². The van der Waals surface area contributed by atoms with Crippen molar-refractivity contribution in [3.05, 3.63) is 52.3 Å². The van der Waals surface area contributed by atoms with Gasteiger partial charge >= 0.3 is 0 Å². The van der Waals surface area contributed by atoms with Gasteiger partial charge in [-0.15, -0.1) is 0 Å². The van der Waals surface area contributed by atoms with E-state index in [1.165, 1.54) is 36.5 Å². The molecule has 110 valence electrons. The Hall–Kier alpha value is -1.67. The molecule has 0 aliphatic heterocycles. The Balaban J connectivity index is 2.30. The van der Waals surface area contributed by atoms with Gasteiger partial charge in [0, 0.05) is 11.9 Å². The molecule has 3 N–H and O–H groups in total. The van der Waals surface area contributed by atoms with Gasteiger partial charge in [-0.25, -0.2) is 18.5 Å². The molecule has 0 spiro atoms. The Kier molecular flexibility index (Phi) is 4.48. The number of hydrogen-bond acceptors (Lipinski definition) is 4. The lowest BCUT2D eigenvalue weighted by Gasteiger charge is -2.08. The molecule has 0 aliphatic rings. The summed E-state index contributed by atoms with van der Waals surface area (Å²) in [6.45, 7) is 0. The molecule has 0 saturated carbocycles. The van der Waals surface area contributed by atoms with E-state index in [4.69, 9.17) is 28.3 Å². The number of pyridine rings is 1. The van der Waals surface area contributed by atoms with Crippen LogP contribution >= 0.6 is 23.2 Å². The third-order valence-electron chi connectivity index (χ3n) is 2.49. The zero-order valence-electron chi connectivity index (χ0n) is 10.4. The van der Waals surface area contributed by atoms with E-state index >= 15 is 0 Å². The Bertz CT molecular complexity index is 809. The Morgan fingerprint density at radius 2 is 1.95 bits per heavy atom. The number of nitrogens with two attached hydrogens (primary N) is 1. The van der Waals surface area contributed by atoms with Crippen molar-refractivity contribution in [1.29, 1.82) is 0 Å². The fourth-order valence-electron chi connectivity index (χ4n) is 1.54. The van der Waals surface area contributed by atoms with Crippen molar-refractivity contribution >= 4 is 44.8 Å². The number of amides is 1. The first kappa shape index (κ1) is 15.7. The van der Waals surface area contributed by atoms with Crippen molar-refractivity contribution in [2.45, 2.75) is 4.90 Å². The first-order chi connectivity index (χ1) is 9.77. The minimum absolute atomic E-state index is 0.112. The van der Waals surface area contributed by atoms with Crippen molar-refractivity contribution in [1.82, 2.24) is 4.98 Å². The van der Waals surface area contributed by atoms with Gasteiger partial charge in [0.2, 0.25) is 10.0 Å². The molecule has 0 unspecified atom stereocenters. The lowest BCUT2D eigenvalue weighted by atomic mass is 10.2. The molecule has 6 nitrogen and oxygen atoms in total. The molecule has 21 heavy (non-hydrogen) atoms. The van der Waals surface area contributed by atoms with Crippen LogP contribution in [0.5, 0.6) is 0 Å². The Labute approximate surface area is 130 Å². The van der Waals surface area contributed by atoms with Gasteiger partial charge in [-0.3, -0.25) is 4.79 Å². The molecule has 0 atom stereocenters. The number of primary sulfonamides is 1. The topological polar surface area (TPSA) is 102 Å². The monoisotopic (exact) mass is 345 g/mol. The summed E-state index contributed by atoms with van der Waals surface area (Å²) >= 11 is 11.6. The smallest absolute Gasteiger partial charge is 0.257 e. The molecule has 0 saturated heterocycles. The van der Waals surface area contributed by atoms with E-state index in [0.29, 0.717) is 0 Å². The van der Waals surface area contributed by atoms with E-state index in [1.807, 2.05) is 0 Å². The summed E-state index contributed by atoms with van der Waals surface area (Å²) in [5.74, 6) is -0.545. The molecule has 0 radical (unpaired) electrons. The number of halogens is 2. The maximum atomic E-state index is 12.1. The molecular formula is C12H9Cl2N3O3S. The van der Waals surface area contributed by atoms with Crippen LogP contribution in [0.25, 0.3) is 0 Å². The molecule has 9 heteroatoms. The quantitative estimate of drug-likeness (QED) is 0.833. The predicted octanol–water partition coefficient (Wildman–Crippen LogP) is 2.29. The highest BCUT2D eigenvalue weighted by atomic mass is 35.5. The fourth-order valence-corrected chi connectivity index (χ4v) is 2.44. The first-order valence-electron chi connectivity index (χ1n) is 5.52. The summed E-state index contributed by atoms with van der Waals surface area (Å²) < 4.78 is 22.5. The van der Waals surface area contributed by atoms with Gasteiger partial charge in [-0.1, -0.05) is 29.3 Å². The highest BCUT2D eigenvalue weighted by Crippen LogP contribution is 2.20. The minimum atomic E-state index is -3.85. The molecule has 1 aromatic heterocycles. The van der Waals surface area contributed by atoms with Crippen LogP contribution in [0.1, 0.15) is 10.4 Å². The van der Waals surface area contributed by atoms with Crippen LogP contribution in [0.15, 0.2) is 41.4 Å². The van der Waals surface area contributed by atoms with Gasteiger partial charge in [-0.2, -0.15) is 0 Å². The SMILES string of the molecule is NS(=O)(=O)c1cccc(NC(=O)c2cc(Cl)ncc2Cl)c1. The number of nitrogens with zero attached hydrogens (tertiary/aromatic N) is 1. The summed E-state index contributed by atoms with van der Waals surface area (Å²) in [7, 11) is -3.85. The largest absolute Gasteiger partial charge is 0.322 e. The van der Waals surface area contributed by atoms with Crippen LogP contribution in [0.4, 0.5) is 5.69 Å². The zero-order chi connectivity index (χ0) is 15.6. The van der Waals surface area contributed by atoms with Crippen molar-refractivity contribution in [3.8, 4) is 0 Å².